The Morgan fingerprint density at radius 3 is 3.00 bits per heavy atom. The first-order valence-corrected chi connectivity index (χ1v) is 6.15. The van der Waals surface area contributed by atoms with Crippen molar-refractivity contribution in [3.8, 4) is 0 Å². The molecular formula is C13H19NO. The Morgan fingerprint density at radius 1 is 1.47 bits per heavy atom. The van der Waals surface area contributed by atoms with Crippen molar-refractivity contribution in [2.45, 2.75) is 44.6 Å². The average Bonchev–Trinajstić information content (AvgIpc) is 2.74. The zero-order chi connectivity index (χ0) is 10.3. The van der Waals surface area contributed by atoms with Gasteiger partial charge in [-0.1, -0.05) is 6.92 Å². The van der Waals surface area contributed by atoms with Gasteiger partial charge < -0.3 is 9.73 Å². The standard InChI is InChI=1S/C13H19NO/c1-9-7-12(9)13-5-4-11(15-13)8-10-3-2-6-14-10/h4-5,9-10,12,14H,2-3,6-8H2,1H3. The molecule has 0 amide bonds. The van der Waals surface area contributed by atoms with Crippen LogP contribution < -0.4 is 5.32 Å². The molecule has 1 aliphatic heterocycles. The molecule has 3 rings (SSSR count). The second kappa shape index (κ2) is 3.67. The molecule has 1 aromatic heterocycles. The molecule has 2 nitrogen and oxygen atoms in total. The highest BCUT2D eigenvalue weighted by Crippen LogP contribution is 2.47. The topological polar surface area (TPSA) is 25.2 Å². The van der Waals surface area contributed by atoms with Gasteiger partial charge in [-0.3, -0.25) is 0 Å². The van der Waals surface area contributed by atoms with E-state index >= 15 is 0 Å². The number of hydrogen-bond acceptors (Lipinski definition) is 2. The van der Waals surface area contributed by atoms with E-state index < -0.39 is 0 Å². The number of furan rings is 1. The van der Waals surface area contributed by atoms with Crippen LogP contribution in [-0.2, 0) is 6.42 Å². The van der Waals surface area contributed by atoms with Gasteiger partial charge in [0, 0.05) is 18.4 Å². The highest BCUT2D eigenvalue weighted by molar-refractivity contribution is 5.18. The summed E-state index contributed by atoms with van der Waals surface area (Å²) in [7, 11) is 0. The lowest BCUT2D eigenvalue weighted by molar-refractivity contribution is 0.436. The van der Waals surface area contributed by atoms with Gasteiger partial charge in [0.05, 0.1) is 0 Å². The van der Waals surface area contributed by atoms with E-state index in [2.05, 4.69) is 24.4 Å². The minimum Gasteiger partial charge on any atom is -0.466 e. The van der Waals surface area contributed by atoms with Crippen molar-refractivity contribution >= 4 is 0 Å². The molecule has 0 aromatic carbocycles. The van der Waals surface area contributed by atoms with Crippen LogP contribution in [0.1, 0.15) is 43.6 Å². The maximum atomic E-state index is 5.90. The molecule has 3 atom stereocenters. The number of hydrogen-bond donors (Lipinski definition) is 1. The third-order valence-electron chi connectivity index (χ3n) is 3.77. The Hall–Kier alpha value is -0.760. The molecule has 2 heteroatoms. The van der Waals surface area contributed by atoms with Gasteiger partial charge in [0.1, 0.15) is 11.5 Å². The fourth-order valence-corrected chi connectivity index (χ4v) is 2.60. The molecule has 1 aliphatic carbocycles. The van der Waals surface area contributed by atoms with Crippen molar-refractivity contribution in [3.63, 3.8) is 0 Å². The largest absolute Gasteiger partial charge is 0.466 e. The Morgan fingerprint density at radius 2 is 2.33 bits per heavy atom. The third kappa shape index (κ3) is 1.96. The van der Waals surface area contributed by atoms with Gasteiger partial charge >= 0.3 is 0 Å². The summed E-state index contributed by atoms with van der Waals surface area (Å²) in [6, 6.07) is 5.00. The summed E-state index contributed by atoms with van der Waals surface area (Å²) in [5.41, 5.74) is 0. The molecular weight excluding hydrogens is 186 g/mol. The molecule has 2 heterocycles. The third-order valence-corrected chi connectivity index (χ3v) is 3.77. The molecule has 0 bridgehead atoms. The summed E-state index contributed by atoms with van der Waals surface area (Å²) >= 11 is 0. The van der Waals surface area contributed by atoms with Crippen LogP contribution in [0.25, 0.3) is 0 Å². The van der Waals surface area contributed by atoms with Crippen molar-refractivity contribution < 1.29 is 4.42 Å². The van der Waals surface area contributed by atoms with E-state index in [4.69, 9.17) is 4.42 Å². The maximum absolute atomic E-state index is 5.90. The molecule has 0 spiro atoms. The van der Waals surface area contributed by atoms with Crippen molar-refractivity contribution in [1.82, 2.24) is 5.32 Å². The lowest BCUT2D eigenvalue weighted by Gasteiger charge is -2.06. The monoisotopic (exact) mass is 205 g/mol. The van der Waals surface area contributed by atoms with Crippen LogP contribution in [0, 0.1) is 5.92 Å². The molecule has 1 saturated heterocycles. The first-order chi connectivity index (χ1) is 7.33. The van der Waals surface area contributed by atoms with Crippen LogP contribution in [-0.4, -0.2) is 12.6 Å². The summed E-state index contributed by atoms with van der Waals surface area (Å²) < 4.78 is 5.90. The quantitative estimate of drug-likeness (QED) is 0.820. The minimum absolute atomic E-state index is 0.653. The van der Waals surface area contributed by atoms with E-state index in [0.717, 1.165) is 18.3 Å². The number of nitrogens with one attached hydrogen (secondary N) is 1. The Kier molecular flexibility index (Phi) is 2.32. The second-order valence-corrected chi connectivity index (χ2v) is 5.12. The number of rotatable bonds is 3. The van der Waals surface area contributed by atoms with Crippen molar-refractivity contribution in [1.29, 1.82) is 0 Å². The highest BCUT2D eigenvalue weighted by Gasteiger charge is 2.36. The molecule has 1 N–H and O–H groups in total. The van der Waals surface area contributed by atoms with Crippen LogP contribution >= 0.6 is 0 Å². The fraction of sp³-hybridized carbons (Fsp3) is 0.692. The molecule has 2 aliphatic rings. The molecule has 15 heavy (non-hydrogen) atoms. The predicted octanol–water partition coefficient (Wildman–Crippen LogP) is 2.70. The van der Waals surface area contributed by atoms with Crippen LogP contribution in [0.4, 0.5) is 0 Å². The summed E-state index contributed by atoms with van der Waals surface area (Å²) in [4.78, 5) is 0. The molecule has 1 saturated carbocycles. The zero-order valence-corrected chi connectivity index (χ0v) is 9.33. The molecule has 1 aromatic rings. The van der Waals surface area contributed by atoms with Gasteiger partial charge in [-0.2, -0.15) is 0 Å². The molecule has 3 unspecified atom stereocenters. The smallest absolute Gasteiger partial charge is 0.107 e. The maximum Gasteiger partial charge on any atom is 0.107 e. The normalized spacial score (nSPS) is 34.6. The van der Waals surface area contributed by atoms with Gasteiger partial charge in [0.15, 0.2) is 0 Å². The summed E-state index contributed by atoms with van der Waals surface area (Å²) in [6.07, 6.45) is 5.00. The van der Waals surface area contributed by atoms with E-state index in [0.29, 0.717) is 6.04 Å². The molecule has 2 fully saturated rings. The van der Waals surface area contributed by atoms with Crippen LogP contribution in [0.15, 0.2) is 16.5 Å². The lowest BCUT2D eigenvalue weighted by Crippen LogP contribution is -2.23. The first-order valence-electron chi connectivity index (χ1n) is 6.15. The molecule has 82 valence electrons. The van der Waals surface area contributed by atoms with Gasteiger partial charge in [0.25, 0.3) is 0 Å². The van der Waals surface area contributed by atoms with Crippen molar-refractivity contribution in [3.05, 3.63) is 23.7 Å². The van der Waals surface area contributed by atoms with Gasteiger partial charge in [0.2, 0.25) is 0 Å². The van der Waals surface area contributed by atoms with Crippen LogP contribution in [0.5, 0.6) is 0 Å². The second-order valence-electron chi connectivity index (χ2n) is 5.12. The highest BCUT2D eigenvalue weighted by atomic mass is 16.3. The Balaban J connectivity index is 1.63. The van der Waals surface area contributed by atoms with E-state index in [9.17, 15) is 0 Å². The van der Waals surface area contributed by atoms with Crippen molar-refractivity contribution in [2.24, 2.45) is 5.92 Å². The molecule has 0 radical (unpaired) electrons. The Bertz CT molecular complexity index is 338. The summed E-state index contributed by atoms with van der Waals surface area (Å²) in [5.74, 6) is 3.95. The van der Waals surface area contributed by atoms with Gasteiger partial charge in [-0.15, -0.1) is 0 Å². The van der Waals surface area contributed by atoms with E-state index in [1.807, 2.05) is 0 Å². The van der Waals surface area contributed by atoms with Gasteiger partial charge in [-0.05, 0) is 43.9 Å². The lowest BCUT2D eigenvalue weighted by atomic mass is 10.1. The van der Waals surface area contributed by atoms with Crippen LogP contribution in [0.2, 0.25) is 0 Å². The minimum atomic E-state index is 0.653. The fourth-order valence-electron chi connectivity index (χ4n) is 2.60. The predicted molar refractivity (Wildman–Crippen MR) is 60.0 cm³/mol. The summed E-state index contributed by atoms with van der Waals surface area (Å²) in [6.45, 7) is 3.48. The SMILES string of the molecule is CC1CC1c1ccc(CC2CCCN2)o1. The van der Waals surface area contributed by atoms with E-state index in [1.165, 1.54) is 37.3 Å². The summed E-state index contributed by atoms with van der Waals surface area (Å²) in [5, 5.41) is 3.51. The van der Waals surface area contributed by atoms with E-state index in [1.54, 1.807) is 0 Å². The van der Waals surface area contributed by atoms with Crippen molar-refractivity contribution in [2.75, 3.05) is 6.54 Å². The Labute approximate surface area is 91.0 Å². The van der Waals surface area contributed by atoms with E-state index in [-0.39, 0.29) is 0 Å². The average molecular weight is 205 g/mol. The van der Waals surface area contributed by atoms with Gasteiger partial charge in [-0.25, -0.2) is 0 Å². The first kappa shape index (κ1) is 9.46. The zero-order valence-electron chi connectivity index (χ0n) is 9.33. The van der Waals surface area contributed by atoms with Crippen LogP contribution in [0.3, 0.4) is 0 Å².